The summed E-state index contributed by atoms with van der Waals surface area (Å²) in [6.45, 7) is 4.78. The summed E-state index contributed by atoms with van der Waals surface area (Å²) >= 11 is 7.91. The Kier molecular flexibility index (Phi) is 41.7. The first-order valence-corrected chi connectivity index (χ1v) is 49.8. The third-order valence-corrected chi connectivity index (χ3v) is 27.4. The van der Waals surface area contributed by atoms with Crippen molar-refractivity contribution in [3.05, 3.63) is 288 Å². The molecule has 3 N–H and O–H groups in total. The summed E-state index contributed by atoms with van der Waals surface area (Å²) in [5.41, 5.74) is 5.18. The maximum atomic E-state index is 13.8. The molecule has 0 aliphatic carbocycles. The van der Waals surface area contributed by atoms with Crippen molar-refractivity contribution in [3.63, 3.8) is 0 Å². The third-order valence-electron chi connectivity index (χ3n) is 18.2. The molecule has 4 aromatic heterocycles. The standard InChI is InChI=1S/C26H21F3N4O5S2.C18H15FN4O4S2.C17H11F3N4O3S2.C11H13N3O2S.C8H7F3O.C7H3ClFNO2S.CH4S.Li.H/c1-16-8-19(26(27,28)29)11-21(9-16)38-23-7-6-22(10-18(23)13-30)40(34,35)33(25-32-31-15-39-25)14-17-4-5-20(36-2)12-24(17)37-3;1-26-14-4-3-12(17(8-14)27-2)10-23(18-22-21-11-28-18)29(24,25)15-5-6-16(19)13(7-15)9-20;1-10-4-12(17(18,19)20)7-13(5-10)27-15-3-2-14(6-11(15)8-21)29(25,26)24-16-23-22-9-28-16;1-15-9-4-3-8(10(5-9)16-2)6-12-11-14-13-7-17-11;1-5-2-6(8(9,10)11)4-7(12)3-5;8-13(11,12)6-1-2-7(9)5(3-6)4-10;1-2;;/h4-12,15H,14H2,1-3H3;3-8,11H,10H2,1-2H3;2-7,9H,1H3,(H,23,24);3-5,7H,6H2,1-2H3,(H,12,14);2-4,12H,1H3;1-3H;2H,1H3;;/q;;;;;;;+1;-1/i;;;;;;1D;;. The summed E-state index contributed by atoms with van der Waals surface area (Å²) in [7, 11) is -2.28. The van der Waals surface area contributed by atoms with Gasteiger partial charge in [-0.1, -0.05) is 45.3 Å². The Balaban J connectivity index is 0.000000276. The number of phenols is 1. The number of ether oxygens (including phenoxy) is 8. The number of nitrogens with one attached hydrogen (secondary N) is 2. The molecule has 0 radical (unpaired) electrons. The van der Waals surface area contributed by atoms with Crippen LogP contribution in [0.5, 0.6) is 63.2 Å². The van der Waals surface area contributed by atoms with Gasteiger partial charge in [0.15, 0.2) is 0 Å². The molecule has 14 aromatic rings. The topological polar surface area (TPSA) is 459 Å². The third kappa shape index (κ3) is 32.8. The van der Waals surface area contributed by atoms with Crippen LogP contribution in [0.1, 0.15) is 75.1 Å². The molecule has 10 aromatic carbocycles. The van der Waals surface area contributed by atoms with Gasteiger partial charge >= 0.3 is 37.4 Å². The molecule has 55 heteroatoms. The minimum atomic E-state index is -4.60. The number of aryl methyl sites for hydroxylation is 3. The number of sulfonamides is 3. The van der Waals surface area contributed by atoms with Crippen molar-refractivity contribution in [2.75, 3.05) is 67.5 Å². The van der Waals surface area contributed by atoms with E-state index in [-0.39, 0.29) is 126 Å². The number of benzene rings is 10. The quantitative estimate of drug-likeness (QED) is 0.0161. The Hall–Kier alpha value is -13.9. The fraction of sp³-hybridized carbons (Fsp3) is 0.182. The fourth-order valence-electron chi connectivity index (χ4n) is 11.7. The average molecular weight is 2170 g/mol. The number of nitrogens with zero attached hydrogens (tertiary/aromatic N) is 14. The van der Waals surface area contributed by atoms with Crippen molar-refractivity contribution in [1.82, 2.24) is 40.8 Å². The Labute approximate surface area is 851 Å². The van der Waals surface area contributed by atoms with Crippen LogP contribution in [0.25, 0.3) is 0 Å². The molecule has 0 bridgehead atoms. The van der Waals surface area contributed by atoms with Gasteiger partial charge in [-0.25, -0.2) is 51.1 Å². The van der Waals surface area contributed by atoms with Gasteiger partial charge in [-0.05, 0) is 207 Å². The smallest absolute Gasteiger partial charge is 1.00 e. The van der Waals surface area contributed by atoms with Crippen LogP contribution >= 0.6 is 68.7 Å². The molecular formula is C88H75ClF11LiN16O17S9. The largest absolute Gasteiger partial charge is 1.00 e. The molecule has 0 saturated heterocycles. The van der Waals surface area contributed by atoms with Crippen LogP contribution < -0.4 is 75.4 Å². The second-order valence-electron chi connectivity index (χ2n) is 27.8. The molecule has 0 aliphatic rings. The Morgan fingerprint density at radius 3 is 1.13 bits per heavy atom. The molecule has 0 atom stereocenters. The zero-order chi connectivity index (χ0) is 106. The molecule has 0 fully saturated rings. The number of aromatic hydroxyl groups is 1. The first-order chi connectivity index (χ1) is 67.5. The number of hydrogen-bond acceptors (Lipinski definition) is 35. The number of nitriles is 4. The number of alkyl halides is 9. The molecule has 0 spiro atoms. The maximum Gasteiger partial charge on any atom is 1.00 e. The zero-order valence-corrected chi connectivity index (χ0v) is 83.6. The van der Waals surface area contributed by atoms with Crippen molar-refractivity contribution in [2.24, 2.45) is 0 Å². The minimum absolute atomic E-state index is 0. The number of halogens is 12. The van der Waals surface area contributed by atoms with Crippen molar-refractivity contribution < 1.29 is 147 Å². The monoisotopic (exact) mass is 2170 g/mol. The molecule has 0 aliphatic heterocycles. The summed E-state index contributed by atoms with van der Waals surface area (Å²) in [6, 6.07) is 44.4. The van der Waals surface area contributed by atoms with Gasteiger partial charge in [0, 0.05) is 53.5 Å². The first-order valence-electron chi connectivity index (χ1n) is 39.7. The molecule has 0 saturated carbocycles. The van der Waals surface area contributed by atoms with Gasteiger partial charge in [0.05, 0.1) is 114 Å². The number of hydrogen-bond donors (Lipinski definition) is 4. The fourth-order valence-corrected chi connectivity index (χ4v) is 19.1. The van der Waals surface area contributed by atoms with Crippen molar-refractivity contribution in [2.45, 2.75) is 78.5 Å². The van der Waals surface area contributed by atoms with Crippen LogP contribution in [-0.2, 0) is 77.3 Å². The van der Waals surface area contributed by atoms with E-state index in [1.165, 1.54) is 126 Å². The van der Waals surface area contributed by atoms with Gasteiger partial charge in [0.25, 0.3) is 39.1 Å². The first kappa shape index (κ1) is 114. The molecule has 4 heterocycles. The second kappa shape index (κ2) is 52.2. The molecule has 14 rings (SSSR count). The Bertz CT molecular complexity index is 7400. The number of thiol groups is 1. The van der Waals surface area contributed by atoms with E-state index in [2.05, 4.69) is 63.5 Å². The van der Waals surface area contributed by atoms with Crippen LogP contribution in [0, 0.1) is 77.7 Å². The van der Waals surface area contributed by atoms with Crippen LogP contribution in [0.15, 0.2) is 224 Å². The Morgan fingerprint density at radius 2 is 0.769 bits per heavy atom. The zero-order valence-electron chi connectivity index (χ0n) is 77.4. The van der Waals surface area contributed by atoms with Gasteiger partial charge in [-0.2, -0.15) is 73.2 Å². The number of aromatic nitrogens is 8. The van der Waals surface area contributed by atoms with E-state index in [0.717, 1.165) is 144 Å². The van der Waals surface area contributed by atoms with Crippen LogP contribution in [0.3, 0.4) is 0 Å². The maximum absolute atomic E-state index is 13.8. The van der Waals surface area contributed by atoms with E-state index in [4.69, 9.17) is 65.6 Å². The number of anilines is 4. The molecule has 143 heavy (non-hydrogen) atoms. The van der Waals surface area contributed by atoms with Gasteiger partial charge in [0.1, 0.15) is 121 Å². The minimum Gasteiger partial charge on any atom is -1.00 e. The predicted molar refractivity (Wildman–Crippen MR) is 507 cm³/mol. The summed E-state index contributed by atoms with van der Waals surface area (Å²) in [6.07, 6.45) is -13.3. The molecule has 33 nitrogen and oxygen atoms in total. The molecular weight excluding hydrogens is 2090 g/mol. The molecule has 0 unspecified atom stereocenters. The van der Waals surface area contributed by atoms with Crippen LogP contribution in [-0.4, -0.2) is 128 Å². The van der Waals surface area contributed by atoms with Crippen molar-refractivity contribution in [3.8, 4) is 87.5 Å². The van der Waals surface area contributed by atoms with Crippen molar-refractivity contribution >= 4 is 128 Å². The van der Waals surface area contributed by atoms with Gasteiger partial charge in [0.2, 0.25) is 20.5 Å². The van der Waals surface area contributed by atoms with E-state index >= 15 is 0 Å². The normalized spacial score (nSPS) is 11.1. The summed E-state index contributed by atoms with van der Waals surface area (Å²) in [5.74, 6) is 1.03. The second-order valence-corrected chi connectivity index (χ2v) is 39.0. The number of rotatable bonds is 27. The number of methoxy groups -OCH3 is 6. The van der Waals surface area contributed by atoms with E-state index < -0.39 is 86.0 Å². The van der Waals surface area contributed by atoms with Crippen molar-refractivity contribution in [1.29, 1.82) is 21.0 Å². The van der Waals surface area contributed by atoms with E-state index in [1.54, 1.807) is 68.3 Å². The van der Waals surface area contributed by atoms with E-state index in [0.29, 0.717) is 63.4 Å². The Morgan fingerprint density at radius 1 is 0.427 bits per heavy atom. The van der Waals surface area contributed by atoms with Gasteiger partial charge in [-0.15, -0.1) is 40.8 Å². The van der Waals surface area contributed by atoms with Gasteiger partial charge < -0.3 is 49.7 Å². The molecule has 0 amide bonds. The van der Waals surface area contributed by atoms with E-state index in [1.807, 2.05) is 24.3 Å². The van der Waals surface area contributed by atoms with E-state index in [9.17, 15) is 92.5 Å². The number of phenolic OH excluding ortho intramolecular Hbond substituents is 1. The van der Waals surface area contributed by atoms with Crippen LogP contribution in [0.2, 0.25) is 0 Å². The molecule has 748 valence electrons. The predicted octanol–water partition coefficient (Wildman–Crippen LogP) is 17.4. The summed E-state index contributed by atoms with van der Waals surface area (Å²) in [5, 5.41) is 79.5. The van der Waals surface area contributed by atoms with Crippen LogP contribution in [0.4, 0.5) is 68.8 Å². The average Bonchev–Trinajstić information content (AvgIpc) is 1.62. The summed E-state index contributed by atoms with van der Waals surface area (Å²) in [4.78, 5) is -1.03. The summed E-state index contributed by atoms with van der Waals surface area (Å²) < 4.78 is 295. The SMILES string of the molecule is COc1ccc(CN(c2nncs2)S(=O)(=O)c2ccc(F)c(C#N)c2)c(OC)c1.COc1ccc(CN(c2nncs2)S(=O)(=O)c2ccc(Oc3cc(C)cc(C(F)(F)F)c3)c(C#N)c2)c(OC)c1.COc1ccc(CNc2nncs2)c(OC)c1.Cc1cc(O)cc(C(F)(F)F)c1.Cc1cc(Oc2ccc(S(=O)(=O)Nc3nncs3)cc2C#N)cc(C(F)(F)F)c1.N#Cc1cc(S(=O)(=O)Cl)ccc1F.[2H]CS.[H-].[Li+]. The van der Waals surface area contributed by atoms with Gasteiger partial charge in [-0.3, -0.25) is 4.72 Å².